The Labute approximate surface area is 240 Å². The molecule has 1 aliphatic carbocycles. The van der Waals surface area contributed by atoms with Crippen LogP contribution in [0, 0.1) is 19.7 Å². The van der Waals surface area contributed by atoms with Crippen LogP contribution in [0.4, 0.5) is 4.39 Å². The van der Waals surface area contributed by atoms with Crippen LogP contribution in [0.25, 0.3) is 11.1 Å². The fourth-order valence-electron chi connectivity index (χ4n) is 5.97. The Morgan fingerprint density at radius 1 is 1.17 bits per heavy atom. The summed E-state index contributed by atoms with van der Waals surface area (Å²) in [7, 11) is 1.47. The Hall–Kier alpha value is -3.46. The fraction of sp³-hybridized carbons (Fsp3) is 0.424. The van der Waals surface area contributed by atoms with Crippen molar-refractivity contribution in [2.24, 2.45) is 0 Å². The minimum atomic E-state index is -1.00. The van der Waals surface area contributed by atoms with E-state index < -0.39 is 18.0 Å². The van der Waals surface area contributed by atoms with E-state index in [0.717, 1.165) is 33.4 Å². The van der Waals surface area contributed by atoms with Crippen molar-refractivity contribution in [3.8, 4) is 22.6 Å². The van der Waals surface area contributed by atoms with Crippen molar-refractivity contribution in [1.82, 2.24) is 5.32 Å². The molecule has 0 aromatic heterocycles. The van der Waals surface area contributed by atoms with E-state index >= 15 is 4.39 Å². The molecule has 0 radical (unpaired) electrons. The molecule has 0 fully saturated rings. The third-order valence-corrected chi connectivity index (χ3v) is 7.93. The smallest absolute Gasteiger partial charge is 0.251 e. The molecule has 218 valence electrons. The Bertz CT molecular complexity index is 1440. The topological polar surface area (TPSA) is 97.3 Å². The zero-order valence-electron chi connectivity index (χ0n) is 24.2. The Morgan fingerprint density at radius 2 is 1.90 bits per heavy atom. The van der Waals surface area contributed by atoms with Crippen LogP contribution in [0.1, 0.15) is 76.9 Å². The zero-order valence-corrected chi connectivity index (χ0v) is 24.2. The molecule has 0 spiro atoms. The van der Waals surface area contributed by atoms with E-state index in [1.807, 2.05) is 50.2 Å². The first kappa shape index (κ1) is 29.0. The van der Waals surface area contributed by atoms with Gasteiger partial charge in [0.05, 0.1) is 12.2 Å². The number of nitrogens with one attached hydrogen (secondary N) is 1. The molecule has 8 heteroatoms. The zero-order chi connectivity index (χ0) is 29.5. The van der Waals surface area contributed by atoms with Crippen LogP contribution in [0.2, 0.25) is 0 Å². The molecule has 2 aliphatic rings. The van der Waals surface area contributed by atoms with Gasteiger partial charge in [0.2, 0.25) is 0 Å². The number of rotatable bonds is 9. The van der Waals surface area contributed by atoms with E-state index in [-0.39, 0.29) is 24.2 Å². The molecule has 0 saturated carbocycles. The van der Waals surface area contributed by atoms with Gasteiger partial charge in [0.15, 0.2) is 6.29 Å². The number of halogens is 1. The van der Waals surface area contributed by atoms with Crippen LogP contribution in [0.3, 0.4) is 0 Å². The predicted molar refractivity (Wildman–Crippen MR) is 154 cm³/mol. The molecule has 5 rings (SSSR count). The molecule has 0 bridgehead atoms. The summed E-state index contributed by atoms with van der Waals surface area (Å²) >= 11 is 0. The molecule has 1 unspecified atom stereocenters. The van der Waals surface area contributed by atoms with Gasteiger partial charge in [0.25, 0.3) is 5.91 Å². The number of hydrogen-bond donors (Lipinski definition) is 3. The molecule has 3 aromatic carbocycles. The lowest BCUT2D eigenvalue weighted by atomic mass is 9.89. The van der Waals surface area contributed by atoms with Crippen molar-refractivity contribution in [3.63, 3.8) is 0 Å². The Kier molecular flexibility index (Phi) is 8.10. The fourth-order valence-corrected chi connectivity index (χ4v) is 5.97. The average molecular weight is 564 g/mol. The monoisotopic (exact) mass is 563 g/mol. The maximum absolute atomic E-state index is 15.3. The molecule has 1 amide bonds. The number of aliphatic hydroxyl groups excluding tert-OH is 1. The minimum Gasteiger partial charge on any atom is -0.493 e. The highest BCUT2D eigenvalue weighted by atomic mass is 19.1. The Morgan fingerprint density at radius 3 is 2.59 bits per heavy atom. The number of ether oxygens (including phenoxy) is 3. The normalized spacial score (nSPS) is 18.4. The van der Waals surface area contributed by atoms with E-state index in [1.54, 1.807) is 13.8 Å². The second-order valence-electron chi connectivity index (χ2n) is 11.7. The number of benzene rings is 3. The highest BCUT2D eigenvalue weighted by Gasteiger charge is 2.32. The van der Waals surface area contributed by atoms with E-state index in [0.29, 0.717) is 48.5 Å². The third kappa shape index (κ3) is 6.10. The van der Waals surface area contributed by atoms with Crippen LogP contribution < -0.4 is 14.8 Å². The molecule has 41 heavy (non-hydrogen) atoms. The van der Waals surface area contributed by atoms with Crippen molar-refractivity contribution in [1.29, 1.82) is 0 Å². The summed E-state index contributed by atoms with van der Waals surface area (Å²) in [5.41, 5.74) is 5.76. The number of carbonyl (C=O) groups excluding carboxylic acids is 1. The van der Waals surface area contributed by atoms with Crippen LogP contribution in [-0.4, -0.2) is 48.3 Å². The molecule has 7 nitrogen and oxygen atoms in total. The first-order chi connectivity index (χ1) is 19.4. The molecule has 0 saturated heterocycles. The lowest BCUT2D eigenvalue weighted by Crippen LogP contribution is -2.38. The van der Waals surface area contributed by atoms with Gasteiger partial charge in [-0.25, -0.2) is 4.39 Å². The van der Waals surface area contributed by atoms with Crippen molar-refractivity contribution in [2.45, 2.75) is 70.9 Å². The molecule has 1 aliphatic heterocycles. The van der Waals surface area contributed by atoms with Gasteiger partial charge in [0, 0.05) is 48.8 Å². The minimum absolute atomic E-state index is 0.0340. The maximum atomic E-state index is 15.3. The number of methoxy groups -OCH3 is 1. The van der Waals surface area contributed by atoms with E-state index in [9.17, 15) is 15.0 Å². The van der Waals surface area contributed by atoms with Gasteiger partial charge in [-0.3, -0.25) is 4.79 Å². The van der Waals surface area contributed by atoms with Crippen molar-refractivity contribution in [3.05, 3.63) is 81.7 Å². The van der Waals surface area contributed by atoms with Crippen molar-refractivity contribution >= 4 is 5.91 Å². The number of fused-ring (bicyclic) bond motifs is 2. The van der Waals surface area contributed by atoms with Gasteiger partial charge < -0.3 is 29.7 Å². The quantitative estimate of drug-likeness (QED) is 0.297. The number of amides is 1. The number of hydrogen-bond acceptors (Lipinski definition) is 6. The number of carbonyl (C=O) groups is 1. The second-order valence-corrected chi connectivity index (χ2v) is 11.7. The summed E-state index contributed by atoms with van der Waals surface area (Å²) in [5.74, 6) is 0.804. The van der Waals surface area contributed by atoms with Crippen molar-refractivity contribution < 1.29 is 33.6 Å². The van der Waals surface area contributed by atoms with Gasteiger partial charge in [-0.2, -0.15) is 0 Å². The second kappa shape index (κ2) is 11.4. The third-order valence-electron chi connectivity index (χ3n) is 7.93. The van der Waals surface area contributed by atoms with Gasteiger partial charge in [-0.1, -0.05) is 12.1 Å². The summed E-state index contributed by atoms with van der Waals surface area (Å²) in [6.45, 7) is 7.80. The van der Waals surface area contributed by atoms with Crippen molar-refractivity contribution in [2.75, 3.05) is 20.3 Å². The van der Waals surface area contributed by atoms with Gasteiger partial charge >= 0.3 is 0 Å². The van der Waals surface area contributed by atoms with E-state index in [2.05, 4.69) is 5.32 Å². The molecule has 3 atom stereocenters. The first-order valence-corrected chi connectivity index (χ1v) is 14.0. The Balaban J connectivity index is 1.39. The van der Waals surface area contributed by atoms with Crippen LogP contribution in [0.15, 0.2) is 42.5 Å². The standard InChI is InChI=1S/C33H38FNO6/c1-18-12-20(32(37)35-17-33(3,4)38)13-19(2)30(18)24-8-10-26(34)31-25(24)9-11-27(31)41-22-6-7-23-21(14-29(36)39-5)16-40-28(23)15-22/h6-8,10,12-13,15,21,27,29,36,38H,9,11,14,16-17H2,1-5H3,(H,35,37)/t21-,27-,29?/m1/s1. The average Bonchev–Trinajstić information content (AvgIpc) is 3.52. The molecular formula is C33H38FNO6. The highest BCUT2D eigenvalue weighted by molar-refractivity contribution is 5.96. The summed E-state index contributed by atoms with van der Waals surface area (Å²) in [5, 5.41) is 22.6. The summed E-state index contributed by atoms with van der Waals surface area (Å²) < 4.78 is 32.5. The molecular weight excluding hydrogens is 525 g/mol. The van der Waals surface area contributed by atoms with Gasteiger partial charge in [-0.05, 0) is 92.6 Å². The summed E-state index contributed by atoms with van der Waals surface area (Å²) in [6, 6.07) is 12.6. The summed E-state index contributed by atoms with van der Waals surface area (Å²) in [4.78, 5) is 12.7. The van der Waals surface area contributed by atoms with Crippen LogP contribution in [0.5, 0.6) is 11.5 Å². The predicted octanol–water partition coefficient (Wildman–Crippen LogP) is 5.51. The molecule has 3 N–H and O–H groups in total. The van der Waals surface area contributed by atoms with Crippen LogP contribution >= 0.6 is 0 Å². The first-order valence-electron chi connectivity index (χ1n) is 14.0. The lowest BCUT2D eigenvalue weighted by Gasteiger charge is -2.20. The van der Waals surface area contributed by atoms with Gasteiger partial charge in [-0.15, -0.1) is 0 Å². The number of aliphatic hydroxyl groups is 2. The van der Waals surface area contributed by atoms with E-state index in [4.69, 9.17) is 14.2 Å². The van der Waals surface area contributed by atoms with E-state index in [1.165, 1.54) is 13.2 Å². The largest absolute Gasteiger partial charge is 0.493 e. The van der Waals surface area contributed by atoms with Gasteiger partial charge in [0.1, 0.15) is 23.4 Å². The lowest BCUT2D eigenvalue weighted by molar-refractivity contribution is -0.0826. The molecule has 3 aromatic rings. The highest BCUT2D eigenvalue weighted by Crippen LogP contribution is 2.45. The number of aryl methyl sites for hydroxylation is 2. The summed E-state index contributed by atoms with van der Waals surface area (Å²) in [6.07, 6.45) is 0.455. The SMILES string of the molecule is COC(O)C[C@@H]1COc2cc(O[C@@H]3CCc4c(-c5c(C)cc(C(=O)NCC(C)(C)O)cc5C)ccc(F)c43)ccc21. The molecule has 1 heterocycles. The van der Waals surface area contributed by atoms with Crippen LogP contribution in [-0.2, 0) is 11.2 Å². The maximum Gasteiger partial charge on any atom is 0.251 e.